The van der Waals surface area contributed by atoms with E-state index in [1.807, 2.05) is 12.3 Å². The Morgan fingerprint density at radius 3 is 2.07 bits per heavy atom. The fraction of sp³-hybridized carbons (Fsp3) is 0.235. The van der Waals surface area contributed by atoms with Crippen LogP contribution in [-0.4, -0.2) is 32.7 Å². The van der Waals surface area contributed by atoms with E-state index in [2.05, 4.69) is 15.9 Å². The molecule has 2 aromatic carbocycles. The third-order valence-corrected chi connectivity index (χ3v) is 8.69. The molecule has 0 aromatic heterocycles. The van der Waals surface area contributed by atoms with Gasteiger partial charge in [0.2, 0.25) is 0 Å². The Hall–Kier alpha value is -1.95. The summed E-state index contributed by atoms with van der Waals surface area (Å²) in [5.41, 5.74) is 2.01. The van der Waals surface area contributed by atoms with Gasteiger partial charge in [0.05, 0.1) is 0 Å². The third-order valence-electron chi connectivity index (χ3n) is 3.98. The molecule has 8 nitrogen and oxygen atoms in total. The number of hydrogen-bond acceptors (Lipinski definition) is 6. The summed E-state index contributed by atoms with van der Waals surface area (Å²) in [6, 6.07) is 11.9. The molecule has 1 aliphatic heterocycles. The molecule has 0 radical (unpaired) electrons. The largest absolute Gasteiger partial charge is 0.481 e. The molecule has 2 aromatic rings. The lowest BCUT2D eigenvalue weighted by atomic mass is 10.2. The average molecular weight is 489 g/mol. The number of nitrogens with zero attached hydrogens (tertiary/aromatic N) is 1. The molecular formula is C17H17BrN2O6S2. The quantitative estimate of drug-likeness (QED) is 0.668. The Labute approximate surface area is 171 Å². The fourth-order valence-electron chi connectivity index (χ4n) is 2.65. The predicted molar refractivity (Wildman–Crippen MR) is 104 cm³/mol. The van der Waals surface area contributed by atoms with Gasteiger partial charge in [-0.3, -0.25) is 10.2 Å². The number of carbonyl (C=O) groups excluding carboxylic acids is 1. The maximum atomic E-state index is 12.7. The van der Waals surface area contributed by atoms with Crippen molar-refractivity contribution in [2.45, 2.75) is 35.7 Å². The van der Waals surface area contributed by atoms with Crippen LogP contribution >= 0.6 is 15.9 Å². The maximum absolute atomic E-state index is 12.7. The van der Waals surface area contributed by atoms with Gasteiger partial charge in [0.1, 0.15) is 15.5 Å². The van der Waals surface area contributed by atoms with Crippen LogP contribution in [0.2, 0.25) is 0 Å². The molecule has 28 heavy (non-hydrogen) atoms. The van der Waals surface area contributed by atoms with E-state index in [0.717, 1.165) is 4.47 Å². The first-order chi connectivity index (χ1) is 13.2. The van der Waals surface area contributed by atoms with Crippen molar-refractivity contribution in [2.24, 2.45) is 0 Å². The molecule has 1 amide bonds. The predicted octanol–water partition coefficient (Wildman–Crippen LogP) is 2.42. The van der Waals surface area contributed by atoms with Crippen molar-refractivity contribution < 1.29 is 26.4 Å². The Kier molecular flexibility index (Phi) is 5.80. The van der Waals surface area contributed by atoms with E-state index in [1.54, 1.807) is 24.3 Å². The van der Waals surface area contributed by atoms with E-state index in [9.17, 15) is 21.6 Å². The van der Waals surface area contributed by atoms with Crippen molar-refractivity contribution >= 4 is 41.9 Å². The number of hydrazine groups is 1. The van der Waals surface area contributed by atoms with Crippen molar-refractivity contribution in [2.75, 3.05) is 0 Å². The van der Waals surface area contributed by atoms with Crippen LogP contribution in [0.5, 0.6) is 5.75 Å². The highest BCUT2D eigenvalue weighted by Crippen LogP contribution is 2.35. The minimum absolute atomic E-state index is 0.0145. The second kappa shape index (κ2) is 7.82. The number of benzene rings is 2. The molecule has 0 aliphatic carbocycles. The smallest absolute Gasteiger partial charge is 0.277 e. The molecule has 1 atom stereocenters. The van der Waals surface area contributed by atoms with Gasteiger partial charge in [-0.05, 0) is 42.8 Å². The van der Waals surface area contributed by atoms with Gasteiger partial charge in [-0.2, -0.15) is 0 Å². The van der Waals surface area contributed by atoms with E-state index in [4.69, 9.17) is 4.74 Å². The first kappa shape index (κ1) is 20.8. The summed E-state index contributed by atoms with van der Waals surface area (Å²) >= 11 is 3.29. The molecule has 150 valence electrons. The van der Waals surface area contributed by atoms with Crippen LogP contribution in [0.3, 0.4) is 0 Å². The monoisotopic (exact) mass is 488 g/mol. The van der Waals surface area contributed by atoms with Crippen molar-refractivity contribution in [1.82, 2.24) is 9.25 Å². The van der Waals surface area contributed by atoms with Gasteiger partial charge in [0.15, 0.2) is 6.10 Å². The minimum atomic E-state index is -4.42. The highest BCUT2D eigenvalue weighted by molar-refractivity contribution is 9.10. The van der Waals surface area contributed by atoms with Crippen LogP contribution in [0, 0.1) is 0 Å². The van der Waals surface area contributed by atoms with Gasteiger partial charge in [0, 0.05) is 8.29 Å². The van der Waals surface area contributed by atoms with Gasteiger partial charge >= 0.3 is 0 Å². The molecule has 0 bridgehead atoms. The first-order valence-electron chi connectivity index (χ1n) is 8.30. The summed E-state index contributed by atoms with van der Waals surface area (Å²) in [5.74, 6) is -0.475. The van der Waals surface area contributed by atoms with E-state index < -0.39 is 32.1 Å². The van der Waals surface area contributed by atoms with Gasteiger partial charge < -0.3 is 4.74 Å². The van der Waals surface area contributed by atoms with Gasteiger partial charge in [-0.1, -0.05) is 41.4 Å². The van der Waals surface area contributed by atoms with Gasteiger partial charge in [0.25, 0.3) is 26.0 Å². The molecular weight excluding hydrogens is 472 g/mol. The zero-order chi connectivity index (χ0) is 20.5. The van der Waals surface area contributed by atoms with E-state index in [0.29, 0.717) is 12.2 Å². The summed E-state index contributed by atoms with van der Waals surface area (Å²) in [6.45, 7) is 1.82. The molecule has 1 aliphatic rings. The highest BCUT2D eigenvalue weighted by atomic mass is 79.9. The minimum Gasteiger partial charge on any atom is -0.481 e. The van der Waals surface area contributed by atoms with Crippen molar-refractivity contribution in [3.63, 3.8) is 0 Å². The SMILES string of the molecule is CCC[C@@H](Oc1ccc(Br)cc1)C(=O)NN1S(=O)(=O)c2ccccc2S1(=O)=O. The molecule has 0 unspecified atom stereocenters. The van der Waals surface area contributed by atoms with Crippen LogP contribution in [0.15, 0.2) is 62.8 Å². The number of amides is 1. The molecule has 3 rings (SSSR count). The number of hydrogen-bond donors (Lipinski definition) is 1. The lowest BCUT2D eigenvalue weighted by Gasteiger charge is -2.21. The maximum Gasteiger partial charge on any atom is 0.277 e. The van der Waals surface area contributed by atoms with E-state index >= 15 is 0 Å². The Bertz CT molecular complexity index is 1050. The average Bonchev–Trinajstić information content (AvgIpc) is 2.81. The zero-order valence-electron chi connectivity index (χ0n) is 14.7. The Morgan fingerprint density at radius 2 is 1.57 bits per heavy atom. The Balaban J connectivity index is 1.87. The molecule has 0 saturated carbocycles. The van der Waals surface area contributed by atoms with Crippen LogP contribution < -0.4 is 10.2 Å². The molecule has 0 spiro atoms. The number of rotatable bonds is 6. The number of sulfonamides is 2. The number of ether oxygens (including phenoxy) is 1. The number of carbonyl (C=O) groups is 1. The molecule has 1 N–H and O–H groups in total. The lowest BCUT2D eigenvalue weighted by molar-refractivity contribution is -0.130. The molecule has 11 heteroatoms. The fourth-order valence-corrected chi connectivity index (χ4v) is 6.98. The van der Waals surface area contributed by atoms with Crippen molar-refractivity contribution in [1.29, 1.82) is 0 Å². The number of nitrogens with one attached hydrogen (secondary N) is 1. The summed E-state index contributed by atoms with van der Waals surface area (Å²) in [6.07, 6.45) is -0.239. The summed E-state index contributed by atoms with van der Waals surface area (Å²) < 4.78 is 56.9. The summed E-state index contributed by atoms with van der Waals surface area (Å²) in [4.78, 5) is 11.9. The second-order valence-electron chi connectivity index (χ2n) is 5.98. The number of fused-ring (bicyclic) bond motifs is 1. The van der Waals surface area contributed by atoms with Crippen LogP contribution in [0.4, 0.5) is 0 Å². The lowest BCUT2D eigenvalue weighted by Crippen LogP contribution is -2.50. The topological polar surface area (TPSA) is 110 Å². The number of halogens is 1. The van der Waals surface area contributed by atoms with Crippen LogP contribution in [0.1, 0.15) is 19.8 Å². The summed E-state index contributed by atoms with van der Waals surface area (Å²) in [5, 5.41) is 0. The zero-order valence-corrected chi connectivity index (χ0v) is 17.9. The molecule has 0 fully saturated rings. The van der Waals surface area contributed by atoms with E-state index in [-0.39, 0.29) is 20.0 Å². The highest BCUT2D eigenvalue weighted by Gasteiger charge is 2.49. The van der Waals surface area contributed by atoms with Gasteiger partial charge in [-0.25, -0.2) is 16.8 Å². The Morgan fingerprint density at radius 1 is 1.04 bits per heavy atom. The van der Waals surface area contributed by atoms with Crippen molar-refractivity contribution in [3.8, 4) is 5.75 Å². The second-order valence-corrected chi connectivity index (χ2v) is 10.6. The summed E-state index contributed by atoms with van der Waals surface area (Å²) in [7, 11) is -8.85. The molecule has 0 saturated heterocycles. The van der Waals surface area contributed by atoms with Crippen molar-refractivity contribution in [3.05, 3.63) is 53.0 Å². The first-order valence-corrected chi connectivity index (χ1v) is 12.0. The molecule has 1 heterocycles. The van der Waals surface area contributed by atoms with Crippen LogP contribution in [0.25, 0.3) is 0 Å². The normalized spacial score (nSPS) is 18.2. The van der Waals surface area contributed by atoms with Crippen LogP contribution in [-0.2, 0) is 24.8 Å². The standard InChI is InChI=1S/C17H17BrN2O6S2/c1-2-5-14(26-13-10-8-12(18)9-11-13)17(21)19-20-27(22,23)15-6-3-4-7-16(15)28(20,24)25/h3-4,6-11,14H,2,5H2,1H3,(H,19,21)/t14-/m1/s1. The third kappa shape index (κ3) is 3.79. The van der Waals surface area contributed by atoms with E-state index in [1.165, 1.54) is 24.3 Å². The van der Waals surface area contributed by atoms with Gasteiger partial charge in [-0.15, -0.1) is 0 Å².